The van der Waals surface area contributed by atoms with Crippen LogP contribution in [-0.2, 0) is 16.1 Å². The number of carbonyl (C=O) groups is 2. The van der Waals surface area contributed by atoms with E-state index in [2.05, 4.69) is 30.7 Å². The quantitative estimate of drug-likeness (QED) is 0.622. The molecule has 2 amide bonds. The number of hydrogen-bond acceptors (Lipinski definition) is 4. The zero-order chi connectivity index (χ0) is 25.5. The molecule has 1 atom stereocenters. The van der Waals surface area contributed by atoms with Gasteiger partial charge in [0.05, 0.1) is 5.92 Å². The van der Waals surface area contributed by atoms with Gasteiger partial charge in [0.25, 0.3) is 0 Å². The van der Waals surface area contributed by atoms with Crippen LogP contribution in [0.5, 0.6) is 0 Å². The number of fused-ring (bicyclic) bond motifs is 1. The number of nitrogens with zero attached hydrogens (tertiary/aromatic N) is 4. The number of halogens is 1. The Balaban J connectivity index is 1.95. The van der Waals surface area contributed by atoms with Crippen molar-refractivity contribution in [2.75, 3.05) is 57.8 Å². The molecule has 2 heterocycles. The third kappa shape index (κ3) is 8.01. The van der Waals surface area contributed by atoms with E-state index >= 15 is 0 Å². The first-order chi connectivity index (χ1) is 16.6. The molecule has 2 aliphatic rings. The second-order valence-electron chi connectivity index (χ2n) is 11.3. The predicted molar refractivity (Wildman–Crippen MR) is 140 cm³/mol. The van der Waals surface area contributed by atoms with Gasteiger partial charge in [-0.25, -0.2) is 4.39 Å². The summed E-state index contributed by atoms with van der Waals surface area (Å²) in [5, 5.41) is 0. The first-order valence-corrected chi connectivity index (χ1v) is 13.4. The summed E-state index contributed by atoms with van der Waals surface area (Å²) in [6.45, 7) is 14.6. The Kier molecular flexibility index (Phi) is 10.1. The highest BCUT2D eigenvalue weighted by atomic mass is 19.1. The second kappa shape index (κ2) is 12.8. The Bertz CT molecular complexity index is 859. The number of hydrogen-bond donors (Lipinski definition) is 0. The maximum absolute atomic E-state index is 14.4. The van der Waals surface area contributed by atoms with Gasteiger partial charge in [0, 0.05) is 44.8 Å². The molecule has 1 aromatic carbocycles. The number of anilines is 1. The maximum atomic E-state index is 14.4. The summed E-state index contributed by atoms with van der Waals surface area (Å²) in [7, 11) is 2.05. The van der Waals surface area contributed by atoms with E-state index in [1.807, 2.05) is 23.6 Å². The zero-order valence-corrected chi connectivity index (χ0v) is 22.4. The molecule has 35 heavy (non-hydrogen) atoms. The van der Waals surface area contributed by atoms with E-state index in [0.717, 1.165) is 63.2 Å². The summed E-state index contributed by atoms with van der Waals surface area (Å²) < 4.78 is 14.4. The van der Waals surface area contributed by atoms with E-state index in [4.69, 9.17) is 0 Å². The number of amides is 2. The summed E-state index contributed by atoms with van der Waals surface area (Å²) in [5.74, 6) is 0.658. The lowest BCUT2D eigenvalue weighted by Crippen LogP contribution is -2.41. The van der Waals surface area contributed by atoms with Crippen LogP contribution in [0.1, 0.15) is 58.9 Å². The number of likely N-dealkylation sites (tertiary alicyclic amines) is 1. The van der Waals surface area contributed by atoms with E-state index in [-0.39, 0.29) is 29.5 Å². The smallest absolute Gasteiger partial charge is 0.227 e. The Morgan fingerprint density at radius 2 is 1.71 bits per heavy atom. The Hall–Kier alpha value is -1.99. The molecular formula is C28H45FN4O2. The van der Waals surface area contributed by atoms with Crippen molar-refractivity contribution in [3.05, 3.63) is 29.6 Å². The fourth-order valence-corrected chi connectivity index (χ4v) is 5.40. The van der Waals surface area contributed by atoms with E-state index in [1.165, 1.54) is 12.1 Å². The van der Waals surface area contributed by atoms with Crippen molar-refractivity contribution in [1.29, 1.82) is 0 Å². The monoisotopic (exact) mass is 488 g/mol. The molecule has 0 bridgehead atoms. The molecule has 1 aromatic rings. The SMILES string of the molecule is CC(C)CC(=O)N1CCCN(CC(C)C)CCCN(C(=O)C2CCN(C)C2)Cc2cc(F)ccc21. The molecular weight excluding hydrogens is 443 g/mol. The van der Waals surface area contributed by atoms with E-state index in [1.54, 1.807) is 6.07 Å². The second-order valence-corrected chi connectivity index (χ2v) is 11.3. The fraction of sp³-hybridized carbons (Fsp3) is 0.714. The van der Waals surface area contributed by atoms with Gasteiger partial charge in [0.1, 0.15) is 5.82 Å². The van der Waals surface area contributed by atoms with Gasteiger partial charge < -0.3 is 19.6 Å². The van der Waals surface area contributed by atoms with Gasteiger partial charge in [-0.3, -0.25) is 9.59 Å². The van der Waals surface area contributed by atoms with Gasteiger partial charge in [-0.2, -0.15) is 0 Å². The van der Waals surface area contributed by atoms with Crippen molar-refractivity contribution in [3.63, 3.8) is 0 Å². The molecule has 0 N–H and O–H groups in total. The molecule has 2 aliphatic heterocycles. The Labute approximate surface area is 211 Å². The summed E-state index contributed by atoms with van der Waals surface area (Å²) >= 11 is 0. The lowest BCUT2D eigenvalue weighted by Gasteiger charge is -2.33. The fourth-order valence-electron chi connectivity index (χ4n) is 5.40. The summed E-state index contributed by atoms with van der Waals surface area (Å²) in [5.41, 5.74) is 1.47. The van der Waals surface area contributed by atoms with Crippen molar-refractivity contribution >= 4 is 17.5 Å². The highest BCUT2D eigenvalue weighted by molar-refractivity contribution is 5.94. The van der Waals surface area contributed by atoms with Crippen LogP contribution >= 0.6 is 0 Å². The number of carbonyl (C=O) groups excluding carboxylic acids is 2. The summed E-state index contributed by atoms with van der Waals surface area (Å²) in [6.07, 6.45) is 3.07. The van der Waals surface area contributed by atoms with Crippen LogP contribution in [0, 0.1) is 23.6 Å². The standard InChI is InChI=1S/C28H45FN4O2/c1-21(2)16-27(34)33-14-7-12-31(18-22(3)4)11-6-13-32(28(35)23-10-15-30(5)19-23)20-24-17-25(29)8-9-26(24)33/h8-9,17,21-23H,6-7,10-16,18-20H2,1-5H3. The van der Waals surface area contributed by atoms with Crippen molar-refractivity contribution in [2.24, 2.45) is 17.8 Å². The minimum atomic E-state index is -0.330. The number of benzene rings is 1. The topological polar surface area (TPSA) is 47.1 Å². The van der Waals surface area contributed by atoms with E-state index < -0.39 is 0 Å². The van der Waals surface area contributed by atoms with Crippen molar-refractivity contribution < 1.29 is 14.0 Å². The first-order valence-electron chi connectivity index (χ1n) is 13.4. The van der Waals surface area contributed by atoms with E-state index in [9.17, 15) is 14.0 Å². The van der Waals surface area contributed by atoms with E-state index in [0.29, 0.717) is 32.0 Å². The van der Waals surface area contributed by atoms with Gasteiger partial charge >= 0.3 is 0 Å². The average molecular weight is 489 g/mol. The van der Waals surface area contributed by atoms with Crippen LogP contribution in [0.4, 0.5) is 10.1 Å². The zero-order valence-electron chi connectivity index (χ0n) is 22.4. The molecule has 6 nitrogen and oxygen atoms in total. The molecule has 0 spiro atoms. The Morgan fingerprint density at radius 3 is 2.34 bits per heavy atom. The van der Waals surface area contributed by atoms with Crippen molar-refractivity contribution in [2.45, 2.75) is 59.9 Å². The van der Waals surface area contributed by atoms with Crippen LogP contribution in [0.15, 0.2) is 18.2 Å². The third-order valence-corrected chi connectivity index (χ3v) is 7.01. The summed E-state index contributed by atoms with van der Waals surface area (Å²) in [6, 6.07) is 4.68. The van der Waals surface area contributed by atoms with Gasteiger partial charge in [0.2, 0.25) is 11.8 Å². The van der Waals surface area contributed by atoms with Gasteiger partial charge in [-0.15, -0.1) is 0 Å². The third-order valence-electron chi connectivity index (χ3n) is 7.01. The lowest BCUT2D eigenvalue weighted by molar-refractivity contribution is -0.135. The molecule has 1 fully saturated rings. The highest BCUT2D eigenvalue weighted by Crippen LogP contribution is 2.27. The van der Waals surface area contributed by atoms with Crippen LogP contribution in [0.3, 0.4) is 0 Å². The van der Waals surface area contributed by atoms with Crippen molar-refractivity contribution in [3.8, 4) is 0 Å². The Morgan fingerprint density at radius 1 is 1.00 bits per heavy atom. The normalized spacial score (nSPS) is 21.2. The first kappa shape index (κ1) is 27.6. The largest absolute Gasteiger partial charge is 0.338 e. The predicted octanol–water partition coefficient (Wildman–Crippen LogP) is 4.24. The molecule has 1 saturated heterocycles. The molecule has 3 rings (SSSR count). The average Bonchev–Trinajstić information content (AvgIpc) is 3.20. The molecule has 0 saturated carbocycles. The maximum Gasteiger partial charge on any atom is 0.227 e. The molecule has 1 unspecified atom stereocenters. The van der Waals surface area contributed by atoms with Gasteiger partial charge in [0.15, 0.2) is 0 Å². The van der Waals surface area contributed by atoms with Crippen molar-refractivity contribution in [1.82, 2.24) is 14.7 Å². The van der Waals surface area contributed by atoms with Crippen LogP contribution in [0.25, 0.3) is 0 Å². The molecule has 196 valence electrons. The summed E-state index contributed by atoms with van der Waals surface area (Å²) in [4.78, 5) is 35.3. The highest BCUT2D eigenvalue weighted by Gasteiger charge is 2.31. The lowest BCUT2D eigenvalue weighted by atomic mass is 10.0. The number of rotatable bonds is 5. The molecule has 0 radical (unpaired) electrons. The molecule has 7 heteroatoms. The molecule has 0 aromatic heterocycles. The minimum Gasteiger partial charge on any atom is -0.338 e. The van der Waals surface area contributed by atoms with Gasteiger partial charge in [-0.05, 0) is 81.5 Å². The van der Waals surface area contributed by atoms with Crippen LogP contribution in [0.2, 0.25) is 0 Å². The van der Waals surface area contributed by atoms with Crippen LogP contribution < -0.4 is 4.90 Å². The molecule has 0 aliphatic carbocycles. The van der Waals surface area contributed by atoms with Gasteiger partial charge in [-0.1, -0.05) is 27.7 Å². The minimum absolute atomic E-state index is 0.0182. The van der Waals surface area contributed by atoms with Crippen LogP contribution in [-0.4, -0.2) is 79.4 Å².